The van der Waals surface area contributed by atoms with E-state index in [9.17, 15) is 23.1 Å². The predicted molar refractivity (Wildman–Crippen MR) is 118 cm³/mol. The number of ether oxygens (including phenoxy) is 2. The molecule has 2 fully saturated rings. The van der Waals surface area contributed by atoms with E-state index >= 15 is 0 Å². The average molecular weight is 478 g/mol. The minimum Gasteiger partial charge on any atom is -0.479 e. The summed E-state index contributed by atoms with van der Waals surface area (Å²) < 4.78 is 37.6. The summed E-state index contributed by atoms with van der Waals surface area (Å²) in [5.41, 5.74) is -0.789. The number of rotatable bonds is 9. The Kier molecular flexibility index (Phi) is 6.30. The standard InChI is InChI=1S/C22H27N3O7S/c1-22(2,21(27)28)25-11-9-18(24-25)23-20(26)19(32-15-10-12-31-13-15)14-3-5-16(6-4-14)33(29,30)17-7-8-17/h3-6,9,11,15,17,19H,7-8,10,12-13H2,1-2H3,(H,27,28)(H,23,24,26)/t15-,19?/m1/s1. The first-order valence-corrected chi connectivity index (χ1v) is 12.3. The van der Waals surface area contributed by atoms with E-state index in [0.29, 0.717) is 38.0 Å². The van der Waals surface area contributed by atoms with E-state index in [1.807, 2.05) is 0 Å². The van der Waals surface area contributed by atoms with Gasteiger partial charge in [0, 0.05) is 18.9 Å². The molecule has 0 radical (unpaired) electrons. The number of aliphatic carboxylic acids is 1. The van der Waals surface area contributed by atoms with E-state index in [-0.39, 0.29) is 22.1 Å². The third kappa shape index (κ3) is 4.94. The van der Waals surface area contributed by atoms with Crippen LogP contribution in [0.1, 0.15) is 44.8 Å². The molecule has 1 saturated heterocycles. The molecule has 2 atom stereocenters. The third-order valence-corrected chi connectivity index (χ3v) is 8.14. The van der Waals surface area contributed by atoms with E-state index in [1.54, 1.807) is 12.1 Å². The molecule has 1 aliphatic carbocycles. The van der Waals surface area contributed by atoms with Crippen LogP contribution >= 0.6 is 0 Å². The van der Waals surface area contributed by atoms with Gasteiger partial charge in [-0.1, -0.05) is 12.1 Å². The third-order valence-electron chi connectivity index (χ3n) is 5.87. The first-order valence-electron chi connectivity index (χ1n) is 10.8. The molecule has 2 aliphatic rings. The van der Waals surface area contributed by atoms with Gasteiger partial charge in [-0.15, -0.1) is 0 Å². The lowest BCUT2D eigenvalue weighted by atomic mass is 10.1. The van der Waals surface area contributed by atoms with Crippen molar-refractivity contribution in [2.24, 2.45) is 0 Å². The molecule has 1 saturated carbocycles. The zero-order valence-electron chi connectivity index (χ0n) is 18.4. The summed E-state index contributed by atoms with van der Waals surface area (Å²) in [6.07, 6.45) is 2.16. The predicted octanol–water partition coefficient (Wildman–Crippen LogP) is 2.12. The Labute approximate surface area is 191 Å². The minimum absolute atomic E-state index is 0.179. The van der Waals surface area contributed by atoms with E-state index in [2.05, 4.69) is 10.4 Å². The maximum Gasteiger partial charge on any atom is 0.331 e. The zero-order chi connectivity index (χ0) is 23.8. The van der Waals surface area contributed by atoms with E-state index in [4.69, 9.17) is 9.47 Å². The summed E-state index contributed by atoms with van der Waals surface area (Å²) in [6.45, 7) is 3.89. The molecule has 10 nitrogen and oxygen atoms in total. The van der Waals surface area contributed by atoms with Crippen LogP contribution in [0.15, 0.2) is 41.4 Å². The molecule has 1 amide bonds. The zero-order valence-corrected chi connectivity index (χ0v) is 19.2. The number of amides is 1. The summed E-state index contributed by atoms with van der Waals surface area (Å²) in [6, 6.07) is 7.68. The van der Waals surface area contributed by atoms with Crippen LogP contribution in [0.3, 0.4) is 0 Å². The van der Waals surface area contributed by atoms with Crippen molar-refractivity contribution in [3.63, 3.8) is 0 Å². The summed E-state index contributed by atoms with van der Waals surface area (Å²) in [5, 5.41) is 15.9. The normalized spacial score (nSPS) is 19.9. The second-order valence-electron chi connectivity index (χ2n) is 8.81. The quantitative estimate of drug-likeness (QED) is 0.560. The fourth-order valence-electron chi connectivity index (χ4n) is 3.50. The molecule has 2 aromatic rings. The molecule has 2 N–H and O–H groups in total. The first-order chi connectivity index (χ1) is 15.6. The molecule has 1 unspecified atom stereocenters. The number of nitrogens with one attached hydrogen (secondary N) is 1. The van der Waals surface area contributed by atoms with Gasteiger partial charge in [-0.05, 0) is 50.8 Å². The summed E-state index contributed by atoms with van der Waals surface area (Å²) in [4.78, 5) is 24.8. The number of sulfone groups is 1. The van der Waals surface area contributed by atoms with Crippen molar-refractivity contribution in [2.75, 3.05) is 18.5 Å². The van der Waals surface area contributed by atoms with E-state index in [1.165, 1.54) is 42.9 Å². The van der Waals surface area contributed by atoms with Gasteiger partial charge in [0.15, 0.2) is 27.3 Å². The van der Waals surface area contributed by atoms with Crippen LogP contribution in [0.2, 0.25) is 0 Å². The number of hydrogen-bond donors (Lipinski definition) is 2. The highest BCUT2D eigenvalue weighted by molar-refractivity contribution is 7.92. The number of anilines is 1. The summed E-state index contributed by atoms with van der Waals surface area (Å²) in [5.74, 6) is -1.39. The number of carboxylic acid groups (broad SMARTS) is 1. The van der Waals surface area contributed by atoms with Crippen molar-refractivity contribution in [3.05, 3.63) is 42.1 Å². The topological polar surface area (TPSA) is 137 Å². The van der Waals surface area contributed by atoms with Crippen molar-refractivity contribution >= 4 is 27.5 Å². The van der Waals surface area contributed by atoms with Crippen molar-refractivity contribution in [1.29, 1.82) is 0 Å². The maximum atomic E-state index is 13.1. The van der Waals surface area contributed by atoms with E-state index < -0.39 is 33.4 Å². The molecule has 178 valence electrons. The van der Waals surface area contributed by atoms with Crippen molar-refractivity contribution in [3.8, 4) is 0 Å². The monoisotopic (exact) mass is 477 g/mol. The Morgan fingerprint density at radius 2 is 1.91 bits per heavy atom. The lowest BCUT2D eigenvalue weighted by molar-refractivity contribution is -0.146. The minimum atomic E-state index is -3.34. The number of carboxylic acids is 1. The number of carbonyl (C=O) groups is 2. The van der Waals surface area contributed by atoms with Crippen LogP contribution in [0.5, 0.6) is 0 Å². The number of aromatic nitrogens is 2. The Morgan fingerprint density at radius 3 is 2.48 bits per heavy atom. The van der Waals surface area contributed by atoms with Crippen LogP contribution in [-0.2, 0) is 34.4 Å². The lowest BCUT2D eigenvalue weighted by Gasteiger charge is -2.21. The Hall–Kier alpha value is -2.76. The van der Waals surface area contributed by atoms with Crippen molar-refractivity contribution < 1.29 is 32.6 Å². The Morgan fingerprint density at radius 1 is 1.21 bits per heavy atom. The largest absolute Gasteiger partial charge is 0.479 e. The van der Waals surface area contributed by atoms with Gasteiger partial charge in [0.25, 0.3) is 5.91 Å². The lowest BCUT2D eigenvalue weighted by Crippen LogP contribution is -2.36. The van der Waals surface area contributed by atoms with Gasteiger partial charge >= 0.3 is 5.97 Å². The van der Waals surface area contributed by atoms with Crippen LogP contribution in [0.4, 0.5) is 5.82 Å². The summed E-state index contributed by atoms with van der Waals surface area (Å²) >= 11 is 0. The van der Waals surface area contributed by atoms with Gasteiger partial charge in [-0.3, -0.25) is 9.48 Å². The molecular formula is C22H27N3O7S. The van der Waals surface area contributed by atoms with Gasteiger partial charge < -0.3 is 19.9 Å². The number of nitrogens with zero attached hydrogens (tertiary/aromatic N) is 2. The van der Waals surface area contributed by atoms with Gasteiger partial charge in [0.05, 0.1) is 22.9 Å². The smallest absolute Gasteiger partial charge is 0.331 e. The SMILES string of the molecule is CC(C)(C(=O)O)n1ccc(NC(=O)C(O[C@@H]2CCOC2)c2ccc(S(=O)(=O)C3CC3)cc2)n1. The molecule has 1 aromatic carbocycles. The highest BCUT2D eigenvalue weighted by Gasteiger charge is 2.37. The van der Waals surface area contributed by atoms with Crippen LogP contribution < -0.4 is 5.32 Å². The number of hydrogen-bond acceptors (Lipinski definition) is 7. The molecule has 1 aliphatic heterocycles. The van der Waals surface area contributed by atoms with Gasteiger partial charge in [0.2, 0.25) is 0 Å². The molecular weight excluding hydrogens is 450 g/mol. The molecule has 11 heteroatoms. The Balaban J connectivity index is 1.55. The molecule has 4 rings (SSSR count). The number of benzene rings is 1. The highest BCUT2D eigenvalue weighted by atomic mass is 32.2. The average Bonchev–Trinajstić information content (AvgIpc) is 3.32. The van der Waals surface area contributed by atoms with E-state index in [0.717, 1.165) is 0 Å². The fraction of sp³-hybridized carbons (Fsp3) is 0.500. The second-order valence-corrected chi connectivity index (χ2v) is 11.0. The molecule has 1 aromatic heterocycles. The molecule has 0 spiro atoms. The molecule has 33 heavy (non-hydrogen) atoms. The van der Waals surface area contributed by atoms with Crippen LogP contribution in [0.25, 0.3) is 0 Å². The van der Waals surface area contributed by atoms with Crippen LogP contribution in [0, 0.1) is 0 Å². The second kappa shape index (κ2) is 8.88. The van der Waals surface area contributed by atoms with Crippen molar-refractivity contribution in [2.45, 2.75) is 61.0 Å². The van der Waals surface area contributed by atoms with Gasteiger partial charge in [0.1, 0.15) is 0 Å². The highest BCUT2D eigenvalue weighted by Crippen LogP contribution is 2.34. The Bertz CT molecular complexity index is 1130. The molecule has 2 heterocycles. The van der Waals surface area contributed by atoms with Crippen LogP contribution in [-0.4, -0.2) is 59.7 Å². The van der Waals surface area contributed by atoms with Crippen molar-refractivity contribution in [1.82, 2.24) is 9.78 Å². The van der Waals surface area contributed by atoms with Gasteiger partial charge in [-0.25, -0.2) is 13.2 Å². The van der Waals surface area contributed by atoms with Gasteiger partial charge in [-0.2, -0.15) is 5.10 Å². The maximum absolute atomic E-state index is 13.1. The fourth-order valence-corrected chi connectivity index (χ4v) is 5.16. The molecule has 0 bridgehead atoms. The summed E-state index contributed by atoms with van der Waals surface area (Å²) in [7, 11) is -3.34. The first kappa shape index (κ1) is 23.4. The number of carbonyl (C=O) groups excluding carboxylic acids is 1.